The van der Waals surface area contributed by atoms with Crippen LogP contribution in [-0.4, -0.2) is 17.6 Å². The molecule has 0 atom stereocenters. The van der Waals surface area contributed by atoms with Gasteiger partial charge in [0, 0.05) is 6.54 Å². The van der Waals surface area contributed by atoms with Crippen molar-refractivity contribution in [2.24, 2.45) is 11.8 Å². The van der Waals surface area contributed by atoms with Gasteiger partial charge in [0.1, 0.15) is 0 Å². The molecule has 1 saturated carbocycles. The third-order valence-corrected chi connectivity index (χ3v) is 4.77. The molecule has 1 aromatic rings. The Balaban J connectivity index is 1.79. The molecule has 0 aliphatic heterocycles. The van der Waals surface area contributed by atoms with Crippen LogP contribution in [-0.2, 0) is 11.3 Å². The van der Waals surface area contributed by atoms with Crippen molar-refractivity contribution in [2.75, 3.05) is 6.54 Å². The van der Waals surface area contributed by atoms with Crippen LogP contribution in [0.1, 0.15) is 47.9 Å². The molecule has 2 N–H and O–H groups in total. The number of carboxylic acid groups (broad SMARTS) is 1. The number of benzene rings is 1. The fourth-order valence-corrected chi connectivity index (χ4v) is 3.50. The molecule has 0 amide bonds. The average molecular weight is 289 g/mol. The van der Waals surface area contributed by atoms with Crippen LogP contribution in [0.3, 0.4) is 0 Å². The van der Waals surface area contributed by atoms with Crippen LogP contribution in [0.2, 0.25) is 0 Å². The Bertz CT molecular complexity index is 479. The van der Waals surface area contributed by atoms with E-state index in [4.69, 9.17) is 5.11 Å². The predicted molar refractivity (Wildman–Crippen MR) is 85.4 cm³/mol. The Kier molecular flexibility index (Phi) is 5.40. The molecule has 0 radical (unpaired) electrons. The van der Waals surface area contributed by atoms with Gasteiger partial charge in [-0.05, 0) is 75.6 Å². The Morgan fingerprint density at radius 1 is 1.14 bits per heavy atom. The van der Waals surface area contributed by atoms with Crippen molar-refractivity contribution < 1.29 is 9.90 Å². The van der Waals surface area contributed by atoms with Crippen molar-refractivity contribution >= 4 is 5.97 Å². The third kappa shape index (κ3) is 4.31. The quantitative estimate of drug-likeness (QED) is 0.871. The van der Waals surface area contributed by atoms with Crippen LogP contribution < -0.4 is 5.32 Å². The topological polar surface area (TPSA) is 49.3 Å². The Morgan fingerprint density at radius 2 is 1.71 bits per heavy atom. The number of nitrogens with one attached hydrogen (secondary N) is 1. The summed E-state index contributed by atoms with van der Waals surface area (Å²) < 4.78 is 0. The normalized spacial score (nSPS) is 22.2. The maximum absolute atomic E-state index is 10.9. The molecule has 3 nitrogen and oxygen atoms in total. The summed E-state index contributed by atoms with van der Waals surface area (Å²) in [4.78, 5) is 10.9. The number of hydrogen-bond acceptors (Lipinski definition) is 2. The minimum atomic E-state index is -0.618. The predicted octanol–water partition coefficient (Wildman–Crippen LogP) is 3.59. The van der Waals surface area contributed by atoms with Crippen molar-refractivity contribution in [1.82, 2.24) is 5.32 Å². The minimum Gasteiger partial charge on any atom is -0.481 e. The van der Waals surface area contributed by atoms with E-state index >= 15 is 0 Å². The molecule has 0 bridgehead atoms. The lowest BCUT2D eigenvalue weighted by atomic mass is 9.82. The van der Waals surface area contributed by atoms with Gasteiger partial charge in [-0.25, -0.2) is 0 Å². The van der Waals surface area contributed by atoms with Gasteiger partial charge in [-0.15, -0.1) is 0 Å². The highest BCUT2D eigenvalue weighted by Crippen LogP contribution is 2.28. The van der Waals surface area contributed by atoms with E-state index in [1.807, 2.05) is 0 Å². The minimum absolute atomic E-state index is 0.108. The molecule has 116 valence electrons. The second-order valence-electron chi connectivity index (χ2n) is 6.56. The van der Waals surface area contributed by atoms with Gasteiger partial charge in [0.25, 0.3) is 0 Å². The van der Waals surface area contributed by atoms with E-state index in [1.54, 1.807) is 0 Å². The van der Waals surface area contributed by atoms with E-state index in [-0.39, 0.29) is 5.92 Å². The monoisotopic (exact) mass is 289 g/mol. The van der Waals surface area contributed by atoms with E-state index in [1.165, 1.54) is 22.3 Å². The first-order chi connectivity index (χ1) is 9.97. The van der Waals surface area contributed by atoms with Crippen molar-refractivity contribution in [1.29, 1.82) is 0 Å². The van der Waals surface area contributed by atoms with Crippen LogP contribution in [0.15, 0.2) is 12.1 Å². The van der Waals surface area contributed by atoms with Gasteiger partial charge in [-0.1, -0.05) is 17.7 Å². The number of carbonyl (C=O) groups is 1. The van der Waals surface area contributed by atoms with Gasteiger partial charge < -0.3 is 10.4 Å². The Hall–Kier alpha value is -1.35. The molecule has 1 fully saturated rings. The maximum Gasteiger partial charge on any atom is 0.306 e. The van der Waals surface area contributed by atoms with Crippen molar-refractivity contribution in [3.8, 4) is 0 Å². The van der Waals surface area contributed by atoms with E-state index in [0.717, 1.165) is 38.8 Å². The molecule has 3 heteroatoms. The van der Waals surface area contributed by atoms with E-state index in [0.29, 0.717) is 5.92 Å². The van der Waals surface area contributed by atoms with Crippen LogP contribution in [0, 0.1) is 32.6 Å². The maximum atomic E-state index is 10.9. The summed E-state index contributed by atoms with van der Waals surface area (Å²) in [5.41, 5.74) is 5.43. The number of carboxylic acids is 1. The summed E-state index contributed by atoms with van der Waals surface area (Å²) in [5.74, 6) is -0.0955. The zero-order valence-corrected chi connectivity index (χ0v) is 13.4. The van der Waals surface area contributed by atoms with Crippen molar-refractivity contribution in [3.05, 3.63) is 34.4 Å². The molecule has 1 aliphatic rings. The SMILES string of the molecule is Cc1cc(C)c(CNCC2CCC(C(=O)O)CC2)c(C)c1. The fourth-order valence-electron chi connectivity index (χ4n) is 3.50. The lowest BCUT2D eigenvalue weighted by Gasteiger charge is -2.26. The molecular weight excluding hydrogens is 262 g/mol. The van der Waals surface area contributed by atoms with Crippen molar-refractivity contribution in [3.63, 3.8) is 0 Å². The number of hydrogen-bond donors (Lipinski definition) is 2. The molecule has 0 unspecified atom stereocenters. The zero-order chi connectivity index (χ0) is 15.4. The van der Waals surface area contributed by atoms with Gasteiger partial charge in [-0.3, -0.25) is 4.79 Å². The van der Waals surface area contributed by atoms with Gasteiger partial charge >= 0.3 is 5.97 Å². The summed E-state index contributed by atoms with van der Waals surface area (Å²) in [6.45, 7) is 8.40. The molecular formula is C18H27NO2. The summed E-state index contributed by atoms with van der Waals surface area (Å²) in [7, 11) is 0. The molecule has 0 aromatic heterocycles. The molecule has 0 saturated heterocycles. The molecule has 0 heterocycles. The van der Waals surface area contributed by atoms with E-state index in [2.05, 4.69) is 38.2 Å². The Labute approximate surface area is 127 Å². The highest BCUT2D eigenvalue weighted by Gasteiger charge is 2.25. The Morgan fingerprint density at radius 3 is 2.24 bits per heavy atom. The highest BCUT2D eigenvalue weighted by molar-refractivity contribution is 5.69. The van der Waals surface area contributed by atoms with Crippen LogP contribution >= 0.6 is 0 Å². The van der Waals surface area contributed by atoms with Gasteiger partial charge in [0.15, 0.2) is 0 Å². The smallest absolute Gasteiger partial charge is 0.306 e. The second kappa shape index (κ2) is 7.08. The summed E-state index contributed by atoms with van der Waals surface area (Å²) >= 11 is 0. The summed E-state index contributed by atoms with van der Waals surface area (Å²) in [5, 5.41) is 12.6. The fraction of sp³-hybridized carbons (Fsp3) is 0.611. The first-order valence-corrected chi connectivity index (χ1v) is 7.97. The molecule has 1 aliphatic carbocycles. The van der Waals surface area contributed by atoms with Gasteiger partial charge in [0.2, 0.25) is 0 Å². The van der Waals surface area contributed by atoms with Crippen molar-refractivity contribution in [2.45, 2.75) is 53.0 Å². The van der Waals surface area contributed by atoms with E-state index in [9.17, 15) is 4.79 Å². The lowest BCUT2D eigenvalue weighted by Crippen LogP contribution is -2.28. The molecule has 21 heavy (non-hydrogen) atoms. The van der Waals surface area contributed by atoms with Crippen LogP contribution in [0.4, 0.5) is 0 Å². The van der Waals surface area contributed by atoms with E-state index < -0.39 is 5.97 Å². The zero-order valence-electron chi connectivity index (χ0n) is 13.4. The first-order valence-electron chi connectivity index (χ1n) is 7.97. The largest absolute Gasteiger partial charge is 0.481 e. The first kappa shape index (κ1) is 16.0. The summed E-state index contributed by atoms with van der Waals surface area (Å²) in [6.07, 6.45) is 3.75. The number of rotatable bonds is 5. The second-order valence-corrected chi connectivity index (χ2v) is 6.56. The van der Waals surface area contributed by atoms with Crippen LogP contribution in [0.5, 0.6) is 0 Å². The molecule has 2 rings (SSSR count). The number of aryl methyl sites for hydroxylation is 3. The molecule has 0 spiro atoms. The van der Waals surface area contributed by atoms with Crippen LogP contribution in [0.25, 0.3) is 0 Å². The third-order valence-electron chi connectivity index (χ3n) is 4.77. The standard InChI is InChI=1S/C18H27NO2/c1-12-8-13(2)17(14(3)9-12)11-19-10-15-4-6-16(7-5-15)18(20)21/h8-9,15-16,19H,4-7,10-11H2,1-3H3,(H,20,21). The lowest BCUT2D eigenvalue weighted by molar-refractivity contribution is -0.143. The summed E-state index contributed by atoms with van der Waals surface area (Å²) in [6, 6.07) is 4.48. The average Bonchev–Trinajstić information content (AvgIpc) is 2.42. The van der Waals surface area contributed by atoms with Gasteiger partial charge in [0.05, 0.1) is 5.92 Å². The van der Waals surface area contributed by atoms with Gasteiger partial charge in [-0.2, -0.15) is 0 Å². The number of aliphatic carboxylic acids is 1. The highest BCUT2D eigenvalue weighted by atomic mass is 16.4. The molecule has 1 aromatic carbocycles.